The van der Waals surface area contributed by atoms with Gasteiger partial charge in [0.15, 0.2) is 11.8 Å². The van der Waals surface area contributed by atoms with E-state index in [1.54, 1.807) is 0 Å². The van der Waals surface area contributed by atoms with Crippen LogP contribution in [0, 0.1) is 5.92 Å². The van der Waals surface area contributed by atoms with Gasteiger partial charge in [0.05, 0.1) is 0 Å². The summed E-state index contributed by atoms with van der Waals surface area (Å²) in [5.41, 5.74) is 0. The van der Waals surface area contributed by atoms with E-state index in [0.717, 1.165) is 51.1 Å². The Hall–Kier alpha value is -1.63. The number of piperidine rings is 1. The molecule has 0 amide bonds. The maximum Gasteiger partial charge on any atom is 0.248 e. The van der Waals surface area contributed by atoms with Crippen molar-refractivity contribution in [3.8, 4) is 0 Å². The molecule has 2 heterocycles. The van der Waals surface area contributed by atoms with Crippen LogP contribution in [0.3, 0.4) is 0 Å². The first-order chi connectivity index (χ1) is 12.3. The summed E-state index contributed by atoms with van der Waals surface area (Å²) in [6, 6.07) is 0. The molecule has 0 spiro atoms. The molecule has 1 atom stereocenters. The topological polar surface area (TPSA) is 75.8 Å². The molecule has 0 bridgehead atoms. The summed E-state index contributed by atoms with van der Waals surface area (Å²) >= 11 is 0. The van der Waals surface area contributed by atoms with Gasteiger partial charge in [0.1, 0.15) is 6.54 Å². The van der Waals surface area contributed by atoms with Gasteiger partial charge in [-0.15, -0.1) is 0 Å². The molecule has 1 aliphatic heterocycles. The van der Waals surface area contributed by atoms with Crippen LogP contribution in [0.4, 0.5) is 0 Å². The van der Waals surface area contributed by atoms with Gasteiger partial charge in [-0.3, -0.25) is 0 Å². The van der Waals surface area contributed by atoms with Gasteiger partial charge in [0.2, 0.25) is 5.89 Å². The monoisotopic (exact) mass is 349 g/mol. The number of nitrogens with zero attached hydrogens (tertiary/aromatic N) is 4. The summed E-state index contributed by atoms with van der Waals surface area (Å²) in [5, 5.41) is 7.56. The molecule has 0 unspecified atom stereocenters. The minimum Gasteiger partial charge on any atom is -0.382 e. The van der Waals surface area contributed by atoms with Crippen molar-refractivity contribution in [3.05, 3.63) is 11.7 Å². The number of guanidine groups is 1. The number of aliphatic imine (C=N–C) groups is 1. The Morgan fingerprint density at radius 2 is 2.28 bits per heavy atom. The Bertz CT molecular complexity index is 555. The van der Waals surface area contributed by atoms with Crippen molar-refractivity contribution in [2.24, 2.45) is 10.9 Å². The van der Waals surface area contributed by atoms with Crippen LogP contribution in [0.15, 0.2) is 9.52 Å². The molecule has 7 heteroatoms. The first kappa shape index (κ1) is 18.2. The molecule has 0 radical (unpaired) electrons. The number of nitrogens with one attached hydrogen (secondary N) is 1. The highest BCUT2D eigenvalue weighted by Gasteiger charge is 2.28. The molecule has 1 N–H and O–H groups in total. The van der Waals surface area contributed by atoms with Gasteiger partial charge in [0, 0.05) is 38.8 Å². The molecule has 7 nitrogen and oxygen atoms in total. The highest BCUT2D eigenvalue weighted by molar-refractivity contribution is 5.80. The van der Waals surface area contributed by atoms with E-state index in [0.29, 0.717) is 24.3 Å². The Labute approximate surface area is 150 Å². The van der Waals surface area contributed by atoms with E-state index in [2.05, 4.69) is 27.3 Å². The zero-order valence-electron chi connectivity index (χ0n) is 15.5. The molecule has 1 aromatic heterocycles. The molecule has 0 aromatic carbocycles. The first-order valence-electron chi connectivity index (χ1n) is 9.69. The van der Waals surface area contributed by atoms with Crippen LogP contribution >= 0.6 is 0 Å². The van der Waals surface area contributed by atoms with Crippen LogP contribution < -0.4 is 5.32 Å². The van der Waals surface area contributed by atoms with Crippen molar-refractivity contribution in [2.75, 3.05) is 32.8 Å². The van der Waals surface area contributed by atoms with Crippen molar-refractivity contribution in [3.63, 3.8) is 0 Å². The summed E-state index contributed by atoms with van der Waals surface area (Å²) in [4.78, 5) is 11.6. The summed E-state index contributed by atoms with van der Waals surface area (Å²) in [6.45, 7) is 9.29. The number of likely N-dealkylation sites (tertiary alicyclic amines) is 1. The van der Waals surface area contributed by atoms with Crippen LogP contribution in [0.5, 0.6) is 0 Å². The van der Waals surface area contributed by atoms with Gasteiger partial charge in [-0.25, -0.2) is 4.99 Å². The predicted octanol–water partition coefficient (Wildman–Crippen LogP) is 2.55. The van der Waals surface area contributed by atoms with E-state index in [-0.39, 0.29) is 0 Å². The molecular formula is C18H31N5O2. The normalized spacial score (nSPS) is 21.6. The summed E-state index contributed by atoms with van der Waals surface area (Å²) in [7, 11) is 0. The lowest BCUT2D eigenvalue weighted by atomic mass is 10.0. The van der Waals surface area contributed by atoms with Crippen molar-refractivity contribution in [1.82, 2.24) is 20.4 Å². The highest BCUT2D eigenvalue weighted by Crippen LogP contribution is 2.38. The first-order valence-corrected chi connectivity index (χ1v) is 9.69. The van der Waals surface area contributed by atoms with Crippen molar-refractivity contribution in [1.29, 1.82) is 0 Å². The van der Waals surface area contributed by atoms with Gasteiger partial charge in [-0.1, -0.05) is 12.1 Å². The number of ether oxygens (including phenoxy) is 1. The van der Waals surface area contributed by atoms with Gasteiger partial charge in [0.25, 0.3) is 0 Å². The molecule has 1 aliphatic carbocycles. The van der Waals surface area contributed by atoms with Crippen LogP contribution in [-0.4, -0.2) is 53.8 Å². The van der Waals surface area contributed by atoms with Crippen LogP contribution in [0.2, 0.25) is 0 Å². The fourth-order valence-electron chi connectivity index (χ4n) is 3.15. The molecule has 3 rings (SSSR count). The molecule has 1 saturated carbocycles. The van der Waals surface area contributed by atoms with Gasteiger partial charge in [-0.2, -0.15) is 4.98 Å². The van der Waals surface area contributed by atoms with Crippen molar-refractivity contribution < 1.29 is 9.26 Å². The minimum atomic E-state index is 0.443. The second-order valence-corrected chi connectivity index (χ2v) is 7.13. The second kappa shape index (κ2) is 9.17. The number of aromatic nitrogens is 2. The zero-order valence-corrected chi connectivity index (χ0v) is 15.5. The molecular weight excluding hydrogens is 318 g/mol. The molecule has 140 valence electrons. The summed E-state index contributed by atoms with van der Waals surface area (Å²) in [6.07, 6.45) is 5.85. The lowest BCUT2D eigenvalue weighted by molar-refractivity contribution is 0.145. The molecule has 2 aliphatic rings. The largest absolute Gasteiger partial charge is 0.382 e. The average Bonchev–Trinajstić information content (AvgIpc) is 3.36. The predicted molar refractivity (Wildman–Crippen MR) is 96.5 cm³/mol. The number of rotatable bonds is 8. The third kappa shape index (κ3) is 5.70. The lowest BCUT2D eigenvalue weighted by Crippen LogP contribution is -2.46. The van der Waals surface area contributed by atoms with Gasteiger partial charge < -0.3 is 19.5 Å². The quantitative estimate of drug-likeness (QED) is 0.442. The Kier molecular flexibility index (Phi) is 6.67. The maximum atomic E-state index is 5.41. The second-order valence-electron chi connectivity index (χ2n) is 7.13. The summed E-state index contributed by atoms with van der Waals surface area (Å²) < 4.78 is 10.8. The van der Waals surface area contributed by atoms with E-state index >= 15 is 0 Å². The van der Waals surface area contributed by atoms with Crippen LogP contribution in [0.1, 0.15) is 63.6 Å². The molecule has 25 heavy (non-hydrogen) atoms. The Morgan fingerprint density at radius 1 is 1.40 bits per heavy atom. The third-order valence-corrected chi connectivity index (χ3v) is 4.70. The van der Waals surface area contributed by atoms with Crippen LogP contribution in [-0.2, 0) is 11.3 Å². The number of hydrogen-bond acceptors (Lipinski definition) is 5. The van der Waals surface area contributed by atoms with E-state index in [9.17, 15) is 0 Å². The summed E-state index contributed by atoms with van der Waals surface area (Å²) in [5.74, 6) is 3.63. The standard InChI is InChI=1S/C18H31N5O2/c1-3-24-11-5-9-19-18(23-10-4-6-14(2)13-23)20-12-16-21-17(22-25-16)15-7-8-15/h14-15H,3-13H2,1-2H3,(H,19,20)/t14-/m0/s1. The molecule has 1 aromatic rings. The number of hydrogen-bond donors (Lipinski definition) is 1. The van der Waals surface area contributed by atoms with E-state index in [4.69, 9.17) is 14.3 Å². The van der Waals surface area contributed by atoms with Crippen LogP contribution in [0.25, 0.3) is 0 Å². The van der Waals surface area contributed by atoms with E-state index in [1.807, 2.05) is 6.92 Å². The van der Waals surface area contributed by atoms with Crippen molar-refractivity contribution in [2.45, 2.75) is 58.4 Å². The Balaban J connectivity index is 1.56. The van der Waals surface area contributed by atoms with Gasteiger partial charge >= 0.3 is 0 Å². The van der Waals surface area contributed by atoms with E-state index < -0.39 is 0 Å². The van der Waals surface area contributed by atoms with E-state index in [1.165, 1.54) is 25.7 Å². The lowest BCUT2D eigenvalue weighted by Gasteiger charge is -2.33. The minimum absolute atomic E-state index is 0.443. The average molecular weight is 349 g/mol. The molecule has 2 fully saturated rings. The maximum absolute atomic E-state index is 5.41. The fourth-order valence-corrected chi connectivity index (χ4v) is 3.15. The zero-order chi connectivity index (χ0) is 17.5. The van der Waals surface area contributed by atoms with Gasteiger partial charge in [-0.05, 0) is 44.9 Å². The smallest absolute Gasteiger partial charge is 0.248 e. The Morgan fingerprint density at radius 3 is 3.04 bits per heavy atom. The SMILES string of the molecule is CCOCCCNC(=NCc1nc(C2CC2)no1)N1CCC[C@H](C)C1. The highest BCUT2D eigenvalue weighted by atomic mass is 16.5. The fraction of sp³-hybridized carbons (Fsp3) is 0.833. The third-order valence-electron chi connectivity index (χ3n) is 4.70. The van der Waals surface area contributed by atoms with Crippen molar-refractivity contribution >= 4 is 5.96 Å². The molecule has 1 saturated heterocycles.